The first kappa shape index (κ1) is 18.3. The molecule has 0 saturated carbocycles. The topological polar surface area (TPSA) is 71.3 Å². The fraction of sp³-hybridized carbons (Fsp3) is 0.176. The molecule has 0 aliphatic rings. The minimum Gasteiger partial charge on any atom is -0.456 e. The van der Waals surface area contributed by atoms with Crippen LogP contribution in [0.15, 0.2) is 48.5 Å². The molecule has 0 aliphatic heterocycles. The van der Waals surface area contributed by atoms with Gasteiger partial charge in [-0.3, -0.25) is 4.79 Å². The van der Waals surface area contributed by atoms with Gasteiger partial charge in [-0.15, -0.1) is 0 Å². The van der Waals surface area contributed by atoms with Gasteiger partial charge in [-0.25, -0.2) is 0 Å². The Morgan fingerprint density at radius 1 is 1.12 bits per heavy atom. The summed E-state index contributed by atoms with van der Waals surface area (Å²) in [4.78, 5) is 11.5. The van der Waals surface area contributed by atoms with Crippen LogP contribution in [0.25, 0.3) is 0 Å². The fourth-order valence-corrected chi connectivity index (χ4v) is 1.84. The first-order chi connectivity index (χ1) is 11.9. The van der Waals surface area contributed by atoms with Crippen LogP contribution in [0, 0.1) is 11.3 Å². The minimum atomic E-state index is -4.47. The number of alkyl halides is 3. The standard InChI is InChI=1S/C17H13F3N2O3/c18-17(19,20)11-24-10-16(23)22-13-5-7-14(8-6-13)25-15-4-2-1-3-12(15)9-21/h1-8H,10-11H2,(H,22,23). The van der Waals surface area contributed by atoms with Gasteiger partial charge in [0, 0.05) is 5.69 Å². The van der Waals surface area contributed by atoms with Gasteiger partial charge in [0.05, 0.1) is 5.56 Å². The number of halogens is 3. The summed E-state index contributed by atoms with van der Waals surface area (Å²) in [5.41, 5.74) is 0.753. The van der Waals surface area contributed by atoms with Crippen molar-refractivity contribution >= 4 is 11.6 Å². The summed E-state index contributed by atoms with van der Waals surface area (Å²) >= 11 is 0. The molecule has 0 atom stereocenters. The summed E-state index contributed by atoms with van der Waals surface area (Å²) < 4.78 is 45.6. The molecule has 1 N–H and O–H groups in total. The third-order valence-electron chi connectivity index (χ3n) is 2.87. The number of amides is 1. The molecule has 0 aromatic heterocycles. The van der Waals surface area contributed by atoms with Crippen LogP contribution in [0.1, 0.15) is 5.56 Å². The minimum absolute atomic E-state index is 0.376. The van der Waals surface area contributed by atoms with Gasteiger partial charge in [0.15, 0.2) is 0 Å². The largest absolute Gasteiger partial charge is 0.456 e. The second kappa shape index (κ2) is 8.17. The van der Waals surface area contributed by atoms with E-state index in [2.05, 4.69) is 10.1 Å². The van der Waals surface area contributed by atoms with Crippen molar-refractivity contribution in [1.82, 2.24) is 0 Å². The summed E-state index contributed by atoms with van der Waals surface area (Å²) in [6.45, 7) is -2.18. The summed E-state index contributed by atoms with van der Waals surface area (Å²) in [5, 5.41) is 11.4. The van der Waals surface area contributed by atoms with Crippen molar-refractivity contribution in [2.75, 3.05) is 18.5 Å². The Bertz CT molecular complexity index is 768. The normalized spacial score (nSPS) is 10.8. The molecule has 8 heteroatoms. The van der Waals surface area contributed by atoms with Gasteiger partial charge in [0.2, 0.25) is 5.91 Å². The summed E-state index contributed by atoms with van der Waals surface area (Å²) in [6, 6.07) is 14.9. The predicted molar refractivity (Wildman–Crippen MR) is 83.2 cm³/mol. The molecule has 0 bridgehead atoms. The first-order valence-electron chi connectivity index (χ1n) is 7.09. The van der Waals surface area contributed by atoms with Crippen molar-refractivity contribution in [1.29, 1.82) is 5.26 Å². The number of nitrogens with one attached hydrogen (secondary N) is 1. The van der Waals surface area contributed by atoms with Gasteiger partial charge in [-0.05, 0) is 36.4 Å². The molecule has 0 spiro atoms. The third kappa shape index (κ3) is 6.16. The van der Waals surface area contributed by atoms with E-state index in [9.17, 15) is 18.0 Å². The lowest BCUT2D eigenvalue weighted by Gasteiger charge is -2.10. The summed E-state index contributed by atoms with van der Waals surface area (Å²) in [5.74, 6) is 0.129. The summed E-state index contributed by atoms with van der Waals surface area (Å²) in [7, 11) is 0. The van der Waals surface area contributed by atoms with Gasteiger partial charge in [-0.1, -0.05) is 12.1 Å². The van der Waals surface area contributed by atoms with Gasteiger partial charge < -0.3 is 14.8 Å². The van der Waals surface area contributed by atoms with Gasteiger partial charge in [0.25, 0.3) is 0 Å². The highest BCUT2D eigenvalue weighted by molar-refractivity contribution is 5.91. The molecule has 0 unspecified atom stereocenters. The van der Waals surface area contributed by atoms with Crippen molar-refractivity contribution in [3.8, 4) is 17.6 Å². The van der Waals surface area contributed by atoms with Gasteiger partial charge >= 0.3 is 6.18 Å². The molecule has 1 amide bonds. The molecule has 0 fully saturated rings. The zero-order chi connectivity index (χ0) is 18.3. The zero-order valence-corrected chi connectivity index (χ0v) is 12.8. The lowest BCUT2D eigenvalue weighted by molar-refractivity contribution is -0.174. The second-order valence-electron chi connectivity index (χ2n) is 4.89. The number of rotatable bonds is 6. The van der Waals surface area contributed by atoms with Crippen LogP contribution in [0.5, 0.6) is 11.5 Å². The quantitative estimate of drug-likeness (QED) is 0.858. The van der Waals surface area contributed by atoms with Gasteiger partial charge in [-0.2, -0.15) is 18.4 Å². The SMILES string of the molecule is N#Cc1ccccc1Oc1ccc(NC(=O)COCC(F)(F)F)cc1. The molecule has 0 heterocycles. The van der Waals surface area contributed by atoms with Crippen molar-refractivity contribution in [3.05, 3.63) is 54.1 Å². The number of para-hydroxylation sites is 1. The lowest BCUT2D eigenvalue weighted by Crippen LogP contribution is -2.23. The molecular weight excluding hydrogens is 337 g/mol. The van der Waals surface area contributed by atoms with Crippen LogP contribution in [0.4, 0.5) is 18.9 Å². The number of nitrogens with zero attached hydrogens (tertiary/aromatic N) is 1. The molecule has 130 valence electrons. The monoisotopic (exact) mass is 350 g/mol. The Kier molecular flexibility index (Phi) is 5.98. The number of carbonyl (C=O) groups is 1. The van der Waals surface area contributed by atoms with E-state index >= 15 is 0 Å². The van der Waals surface area contributed by atoms with E-state index in [-0.39, 0.29) is 0 Å². The van der Waals surface area contributed by atoms with Crippen LogP contribution in [0.2, 0.25) is 0 Å². The number of anilines is 1. The number of hydrogen-bond donors (Lipinski definition) is 1. The number of ether oxygens (including phenoxy) is 2. The molecule has 0 saturated heterocycles. The first-order valence-corrected chi connectivity index (χ1v) is 7.09. The van der Waals surface area contributed by atoms with E-state index in [1.54, 1.807) is 36.4 Å². The molecule has 0 radical (unpaired) electrons. The van der Waals surface area contributed by atoms with E-state index in [0.717, 1.165) is 0 Å². The Morgan fingerprint density at radius 2 is 1.80 bits per heavy atom. The molecule has 2 aromatic carbocycles. The average molecular weight is 350 g/mol. The maximum atomic E-state index is 11.9. The number of benzene rings is 2. The number of hydrogen-bond acceptors (Lipinski definition) is 4. The second-order valence-corrected chi connectivity index (χ2v) is 4.89. The molecule has 25 heavy (non-hydrogen) atoms. The Balaban J connectivity index is 1.89. The van der Waals surface area contributed by atoms with Crippen molar-refractivity contribution in [3.63, 3.8) is 0 Å². The Labute approximate surface area is 141 Å². The van der Waals surface area contributed by atoms with Crippen LogP contribution in [-0.4, -0.2) is 25.3 Å². The Hall–Kier alpha value is -3.05. The maximum absolute atomic E-state index is 11.9. The fourth-order valence-electron chi connectivity index (χ4n) is 1.84. The lowest BCUT2D eigenvalue weighted by atomic mass is 10.2. The molecular formula is C17H13F3N2O3. The number of carbonyl (C=O) groups excluding carboxylic acids is 1. The highest BCUT2D eigenvalue weighted by atomic mass is 19.4. The van der Waals surface area contributed by atoms with Crippen molar-refractivity contribution < 1.29 is 27.4 Å². The Morgan fingerprint density at radius 3 is 2.44 bits per heavy atom. The van der Waals surface area contributed by atoms with Gasteiger partial charge in [0.1, 0.15) is 30.8 Å². The maximum Gasteiger partial charge on any atom is 0.411 e. The molecule has 2 aromatic rings. The van der Waals surface area contributed by atoms with Crippen LogP contribution < -0.4 is 10.1 Å². The smallest absolute Gasteiger partial charge is 0.411 e. The molecule has 2 rings (SSSR count). The summed E-state index contributed by atoms with van der Waals surface area (Å²) in [6.07, 6.45) is -4.47. The van der Waals surface area contributed by atoms with Crippen LogP contribution >= 0.6 is 0 Å². The highest BCUT2D eigenvalue weighted by Crippen LogP contribution is 2.25. The number of nitriles is 1. The molecule has 5 nitrogen and oxygen atoms in total. The molecule has 0 aliphatic carbocycles. The zero-order valence-electron chi connectivity index (χ0n) is 12.8. The highest BCUT2D eigenvalue weighted by Gasteiger charge is 2.27. The van der Waals surface area contributed by atoms with Crippen LogP contribution in [0.3, 0.4) is 0 Å². The van der Waals surface area contributed by atoms with E-state index in [1.165, 1.54) is 12.1 Å². The predicted octanol–water partition coefficient (Wildman–Crippen LogP) is 3.87. The van der Waals surface area contributed by atoms with Crippen molar-refractivity contribution in [2.24, 2.45) is 0 Å². The average Bonchev–Trinajstić information content (AvgIpc) is 2.56. The third-order valence-corrected chi connectivity index (χ3v) is 2.87. The van der Waals surface area contributed by atoms with E-state index in [0.29, 0.717) is 22.7 Å². The van der Waals surface area contributed by atoms with Crippen molar-refractivity contribution in [2.45, 2.75) is 6.18 Å². The van der Waals surface area contributed by atoms with E-state index < -0.39 is 25.3 Å². The van der Waals surface area contributed by atoms with Crippen LogP contribution in [-0.2, 0) is 9.53 Å². The van der Waals surface area contributed by atoms with E-state index in [4.69, 9.17) is 10.00 Å². The van der Waals surface area contributed by atoms with E-state index in [1.807, 2.05) is 6.07 Å².